The van der Waals surface area contributed by atoms with Crippen LogP contribution in [0.15, 0.2) is 33.5 Å². The van der Waals surface area contributed by atoms with Gasteiger partial charge in [-0.2, -0.15) is 0 Å². The first-order chi connectivity index (χ1) is 9.90. The van der Waals surface area contributed by atoms with E-state index >= 15 is 0 Å². The molecular formula is C15H11ClFNO3. The van der Waals surface area contributed by atoms with E-state index in [1.165, 1.54) is 35.9 Å². The Hall–Kier alpha value is -2.27. The second-order valence-electron chi connectivity index (χ2n) is 4.82. The second kappa shape index (κ2) is 4.63. The summed E-state index contributed by atoms with van der Waals surface area (Å²) in [5.41, 5.74) is 1.39. The highest BCUT2D eigenvalue weighted by Crippen LogP contribution is 2.38. The predicted molar refractivity (Wildman–Crippen MR) is 78.3 cm³/mol. The molecule has 0 amide bonds. The van der Waals surface area contributed by atoms with Gasteiger partial charge < -0.3 is 9.52 Å². The maximum absolute atomic E-state index is 14.2. The summed E-state index contributed by atoms with van der Waals surface area (Å²) in [5.74, 6) is -1.34. The summed E-state index contributed by atoms with van der Waals surface area (Å²) in [6.45, 7) is 1.73. The van der Waals surface area contributed by atoms with Crippen LogP contribution in [-0.4, -0.2) is 9.67 Å². The summed E-state index contributed by atoms with van der Waals surface area (Å²) >= 11 is 6.04. The van der Waals surface area contributed by atoms with Crippen LogP contribution in [0.2, 0.25) is 5.02 Å². The maximum Gasteiger partial charge on any atom is 0.419 e. The van der Waals surface area contributed by atoms with Gasteiger partial charge in [0.1, 0.15) is 11.6 Å². The molecule has 3 aromatic rings. The van der Waals surface area contributed by atoms with E-state index in [-0.39, 0.29) is 22.5 Å². The van der Waals surface area contributed by atoms with Gasteiger partial charge in [-0.15, -0.1) is 0 Å². The van der Waals surface area contributed by atoms with E-state index in [0.29, 0.717) is 16.1 Å². The number of aryl methyl sites for hydroxylation is 2. The highest BCUT2D eigenvalue weighted by molar-refractivity contribution is 6.31. The number of phenols is 1. The summed E-state index contributed by atoms with van der Waals surface area (Å²) < 4.78 is 20.6. The van der Waals surface area contributed by atoms with Crippen molar-refractivity contribution in [1.82, 2.24) is 4.57 Å². The molecule has 1 N–H and O–H groups in total. The number of hydrogen-bond acceptors (Lipinski definition) is 3. The summed E-state index contributed by atoms with van der Waals surface area (Å²) in [6, 6.07) is 5.57. The third-order valence-corrected chi connectivity index (χ3v) is 3.86. The predicted octanol–water partition coefficient (Wildman–Crippen LogP) is 3.61. The smallest absolute Gasteiger partial charge is 0.419 e. The fraction of sp³-hybridized carbons (Fsp3) is 0.133. The van der Waals surface area contributed by atoms with Crippen molar-refractivity contribution in [3.63, 3.8) is 0 Å². The van der Waals surface area contributed by atoms with Gasteiger partial charge in [0.05, 0.1) is 11.1 Å². The van der Waals surface area contributed by atoms with Gasteiger partial charge >= 0.3 is 5.76 Å². The molecule has 108 valence electrons. The molecule has 6 heteroatoms. The van der Waals surface area contributed by atoms with E-state index in [0.717, 1.165) is 0 Å². The van der Waals surface area contributed by atoms with Gasteiger partial charge in [-0.05, 0) is 36.8 Å². The molecule has 0 radical (unpaired) electrons. The number of nitrogens with zero attached hydrogens (tertiary/aromatic N) is 1. The van der Waals surface area contributed by atoms with Crippen LogP contribution in [0.1, 0.15) is 5.56 Å². The molecule has 0 atom stereocenters. The van der Waals surface area contributed by atoms with Crippen molar-refractivity contribution in [2.24, 2.45) is 7.05 Å². The molecule has 0 aliphatic carbocycles. The van der Waals surface area contributed by atoms with Gasteiger partial charge in [0, 0.05) is 17.6 Å². The third-order valence-electron chi connectivity index (χ3n) is 3.46. The first-order valence-electron chi connectivity index (χ1n) is 6.17. The SMILES string of the molecule is Cc1cc(O)c(-c2c(F)ccc3c2oc(=O)n3C)cc1Cl. The van der Waals surface area contributed by atoms with Gasteiger partial charge in [0.15, 0.2) is 5.58 Å². The number of aromatic nitrogens is 1. The molecule has 0 aliphatic rings. The van der Waals surface area contributed by atoms with Gasteiger partial charge in [0.2, 0.25) is 0 Å². The zero-order valence-corrected chi connectivity index (χ0v) is 12.0. The van der Waals surface area contributed by atoms with Gasteiger partial charge in [0.25, 0.3) is 0 Å². The van der Waals surface area contributed by atoms with Crippen molar-refractivity contribution in [1.29, 1.82) is 0 Å². The summed E-state index contributed by atoms with van der Waals surface area (Å²) in [5, 5.41) is 10.5. The Bertz CT molecular complexity index is 927. The molecule has 4 nitrogen and oxygen atoms in total. The van der Waals surface area contributed by atoms with Crippen molar-refractivity contribution in [3.05, 3.63) is 51.2 Å². The van der Waals surface area contributed by atoms with E-state index in [2.05, 4.69) is 0 Å². The number of halogens is 2. The third kappa shape index (κ3) is 2.01. The fourth-order valence-corrected chi connectivity index (χ4v) is 2.45. The van der Waals surface area contributed by atoms with Gasteiger partial charge in [-0.3, -0.25) is 4.57 Å². The number of oxazole rings is 1. The van der Waals surface area contributed by atoms with Crippen molar-refractivity contribution < 1.29 is 13.9 Å². The molecule has 1 aromatic heterocycles. The number of fused-ring (bicyclic) bond motifs is 1. The Kier molecular flexibility index (Phi) is 3.02. The molecule has 2 aromatic carbocycles. The fourth-order valence-electron chi connectivity index (χ4n) is 2.29. The van der Waals surface area contributed by atoms with E-state index in [9.17, 15) is 14.3 Å². The quantitative estimate of drug-likeness (QED) is 0.747. The minimum absolute atomic E-state index is 0.0181. The second-order valence-corrected chi connectivity index (χ2v) is 5.22. The molecular weight excluding hydrogens is 297 g/mol. The normalized spacial score (nSPS) is 11.2. The van der Waals surface area contributed by atoms with E-state index in [1.54, 1.807) is 6.92 Å². The standard InChI is InChI=1S/C15H11ClFNO3/c1-7-5-12(19)8(6-9(7)16)13-10(17)3-4-11-14(13)21-15(20)18(11)2/h3-6,19H,1-2H3. The molecule has 1 heterocycles. The van der Waals surface area contributed by atoms with Crippen LogP contribution in [0.5, 0.6) is 5.75 Å². The average molecular weight is 308 g/mol. The van der Waals surface area contributed by atoms with Crippen molar-refractivity contribution in [3.8, 4) is 16.9 Å². The molecule has 0 fully saturated rings. The lowest BCUT2D eigenvalue weighted by Gasteiger charge is -2.09. The Labute approximate surface area is 124 Å². The molecule has 0 aliphatic heterocycles. The number of aromatic hydroxyl groups is 1. The minimum atomic E-state index is -0.605. The molecule has 0 saturated carbocycles. The zero-order valence-electron chi connectivity index (χ0n) is 11.3. The number of phenolic OH excluding ortho intramolecular Hbond substituents is 1. The summed E-state index contributed by atoms with van der Waals surface area (Å²) in [7, 11) is 1.53. The Balaban J connectivity index is 2.45. The molecule has 0 bridgehead atoms. The molecule has 21 heavy (non-hydrogen) atoms. The first kappa shape index (κ1) is 13.7. The summed E-state index contributed by atoms with van der Waals surface area (Å²) in [6.07, 6.45) is 0. The van der Waals surface area contributed by atoms with Crippen LogP contribution in [-0.2, 0) is 7.05 Å². The van der Waals surface area contributed by atoms with Crippen molar-refractivity contribution >= 4 is 22.7 Å². The minimum Gasteiger partial charge on any atom is -0.507 e. The Morgan fingerprint density at radius 2 is 2.05 bits per heavy atom. The maximum atomic E-state index is 14.2. The largest absolute Gasteiger partial charge is 0.507 e. The lowest BCUT2D eigenvalue weighted by Crippen LogP contribution is -2.08. The van der Waals surface area contributed by atoms with Crippen LogP contribution in [0.25, 0.3) is 22.2 Å². The van der Waals surface area contributed by atoms with Crippen LogP contribution >= 0.6 is 11.6 Å². The monoisotopic (exact) mass is 307 g/mol. The van der Waals surface area contributed by atoms with Crippen LogP contribution in [0, 0.1) is 12.7 Å². The van der Waals surface area contributed by atoms with Crippen molar-refractivity contribution in [2.45, 2.75) is 6.92 Å². The summed E-state index contributed by atoms with van der Waals surface area (Å²) in [4.78, 5) is 11.6. The molecule has 0 saturated heterocycles. The molecule has 0 unspecified atom stereocenters. The molecule has 3 rings (SSSR count). The Morgan fingerprint density at radius 1 is 1.33 bits per heavy atom. The number of hydrogen-bond donors (Lipinski definition) is 1. The van der Waals surface area contributed by atoms with Crippen molar-refractivity contribution in [2.75, 3.05) is 0 Å². The molecule has 0 spiro atoms. The lowest BCUT2D eigenvalue weighted by molar-refractivity contribution is 0.476. The van der Waals surface area contributed by atoms with E-state index in [1.807, 2.05) is 0 Å². The topological polar surface area (TPSA) is 55.4 Å². The average Bonchev–Trinajstić information content (AvgIpc) is 2.70. The van der Waals surface area contributed by atoms with Crippen LogP contribution < -0.4 is 5.76 Å². The van der Waals surface area contributed by atoms with Crippen LogP contribution in [0.4, 0.5) is 4.39 Å². The van der Waals surface area contributed by atoms with E-state index in [4.69, 9.17) is 16.0 Å². The first-order valence-corrected chi connectivity index (χ1v) is 6.55. The lowest BCUT2D eigenvalue weighted by atomic mass is 10.0. The number of rotatable bonds is 1. The highest BCUT2D eigenvalue weighted by atomic mass is 35.5. The van der Waals surface area contributed by atoms with E-state index < -0.39 is 11.6 Å². The Morgan fingerprint density at radius 3 is 2.76 bits per heavy atom. The number of benzene rings is 2. The zero-order chi connectivity index (χ0) is 15.3. The highest BCUT2D eigenvalue weighted by Gasteiger charge is 2.20. The van der Waals surface area contributed by atoms with Gasteiger partial charge in [-0.25, -0.2) is 9.18 Å². The van der Waals surface area contributed by atoms with Gasteiger partial charge in [-0.1, -0.05) is 11.6 Å². The van der Waals surface area contributed by atoms with Crippen LogP contribution in [0.3, 0.4) is 0 Å².